The van der Waals surface area contributed by atoms with E-state index in [1.54, 1.807) is 6.07 Å². The van der Waals surface area contributed by atoms with Gasteiger partial charge in [-0.3, -0.25) is 4.79 Å². The van der Waals surface area contributed by atoms with Gasteiger partial charge in [0.2, 0.25) is 5.91 Å². The molecule has 0 spiro atoms. The van der Waals surface area contributed by atoms with Gasteiger partial charge in [0.25, 0.3) is 0 Å². The van der Waals surface area contributed by atoms with Crippen molar-refractivity contribution >= 4 is 23.0 Å². The number of nitrogens with two attached hydrogens (primary N) is 2. The van der Waals surface area contributed by atoms with Gasteiger partial charge in [0, 0.05) is 5.69 Å². The van der Waals surface area contributed by atoms with Gasteiger partial charge in [-0.25, -0.2) is 0 Å². The van der Waals surface area contributed by atoms with Crippen LogP contribution in [0.4, 0.5) is 17.1 Å². The van der Waals surface area contributed by atoms with Crippen molar-refractivity contribution in [3.8, 4) is 11.1 Å². The van der Waals surface area contributed by atoms with Crippen LogP contribution in [0.15, 0.2) is 55.1 Å². The molecule has 2 aromatic carbocycles. The number of nitrogens with one attached hydrogen (secondary N) is 1. The molecule has 0 bridgehead atoms. The van der Waals surface area contributed by atoms with Crippen molar-refractivity contribution in [1.82, 2.24) is 0 Å². The Kier molecular flexibility index (Phi) is 3.52. The molecule has 5 N–H and O–H groups in total. The Hall–Kier alpha value is -2.75. The summed E-state index contributed by atoms with van der Waals surface area (Å²) in [7, 11) is 0. The SMILES string of the molecule is C=CC(=O)Nc1ccc(-c2ccc(N)cc2)cc1N. The lowest BCUT2D eigenvalue weighted by Gasteiger charge is -2.09. The van der Waals surface area contributed by atoms with Crippen molar-refractivity contribution < 1.29 is 4.79 Å². The average molecular weight is 253 g/mol. The molecule has 0 saturated heterocycles. The molecule has 2 rings (SSSR count). The average Bonchev–Trinajstić information content (AvgIpc) is 2.41. The van der Waals surface area contributed by atoms with Crippen LogP contribution in [0.2, 0.25) is 0 Å². The monoisotopic (exact) mass is 253 g/mol. The van der Waals surface area contributed by atoms with E-state index in [9.17, 15) is 4.79 Å². The Morgan fingerprint density at radius 2 is 1.68 bits per heavy atom. The molecule has 1 amide bonds. The number of nitrogen functional groups attached to an aromatic ring is 2. The van der Waals surface area contributed by atoms with Crippen LogP contribution < -0.4 is 16.8 Å². The zero-order chi connectivity index (χ0) is 13.8. The van der Waals surface area contributed by atoms with Crippen molar-refractivity contribution in [2.24, 2.45) is 0 Å². The first kappa shape index (κ1) is 12.7. The third kappa shape index (κ3) is 2.93. The fraction of sp³-hybridized carbons (Fsp3) is 0. The number of hydrogen-bond donors (Lipinski definition) is 3. The van der Waals surface area contributed by atoms with Crippen LogP contribution >= 0.6 is 0 Å². The van der Waals surface area contributed by atoms with E-state index in [1.807, 2.05) is 36.4 Å². The van der Waals surface area contributed by atoms with Gasteiger partial charge in [-0.2, -0.15) is 0 Å². The second-order valence-corrected chi connectivity index (χ2v) is 4.12. The van der Waals surface area contributed by atoms with Crippen molar-refractivity contribution in [3.63, 3.8) is 0 Å². The number of carbonyl (C=O) groups is 1. The molecule has 96 valence electrons. The van der Waals surface area contributed by atoms with E-state index < -0.39 is 0 Å². The van der Waals surface area contributed by atoms with E-state index in [2.05, 4.69) is 11.9 Å². The Balaban J connectivity index is 2.30. The third-order valence-electron chi connectivity index (χ3n) is 2.74. The smallest absolute Gasteiger partial charge is 0.247 e. The minimum absolute atomic E-state index is 0.285. The molecule has 0 heterocycles. The van der Waals surface area contributed by atoms with E-state index in [1.165, 1.54) is 6.08 Å². The Morgan fingerprint density at radius 1 is 1.05 bits per heavy atom. The molecule has 0 aliphatic rings. The van der Waals surface area contributed by atoms with Crippen LogP contribution in [0.3, 0.4) is 0 Å². The molecular weight excluding hydrogens is 238 g/mol. The molecule has 0 aliphatic carbocycles. The van der Waals surface area contributed by atoms with Crippen LogP contribution in [-0.2, 0) is 4.79 Å². The number of amides is 1. The van der Waals surface area contributed by atoms with E-state index in [-0.39, 0.29) is 5.91 Å². The summed E-state index contributed by atoms with van der Waals surface area (Å²) < 4.78 is 0. The number of rotatable bonds is 3. The van der Waals surface area contributed by atoms with Gasteiger partial charge in [0.15, 0.2) is 0 Å². The Morgan fingerprint density at radius 3 is 2.26 bits per heavy atom. The van der Waals surface area contributed by atoms with Crippen molar-refractivity contribution in [2.75, 3.05) is 16.8 Å². The fourth-order valence-corrected chi connectivity index (χ4v) is 1.72. The van der Waals surface area contributed by atoms with E-state index in [0.717, 1.165) is 11.1 Å². The Labute approximate surface area is 111 Å². The molecule has 2 aromatic rings. The summed E-state index contributed by atoms with van der Waals surface area (Å²) in [5.41, 5.74) is 15.3. The first-order chi connectivity index (χ1) is 9.10. The Bertz CT molecular complexity index is 618. The largest absolute Gasteiger partial charge is 0.399 e. The maximum Gasteiger partial charge on any atom is 0.247 e. The standard InChI is InChI=1S/C15H15N3O/c1-2-15(19)18-14-8-5-11(9-13(14)17)10-3-6-12(16)7-4-10/h2-9H,1,16-17H2,(H,18,19). The molecule has 0 saturated carbocycles. The van der Waals surface area contributed by atoms with Crippen molar-refractivity contribution in [3.05, 3.63) is 55.1 Å². The van der Waals surface area contributed by atoms with Crippen LogP contribution in [0.5, 0.6) is 0 Å². The van der Waals surface area contributed by atoms with Gasteiger partial charge >= 0.3 is 0 Å². The number of hydrogen-bond acceptors (Lipinski definition) is 3. The second kappa shape index (κ2) is 5.27. The molecular formula is C15H15N3O. The summed E-state index contributed by atoms with van der Waals surface area (Å²) in [5.74, 6) is -0.285. The summed E-state index contributed by atoms with van der Waals surface area (Å²) in [6, 6.07) is 13.0. The van der Waals surface area contributed by atoms with E-state index in [0.29, 0.717) is 17.1 Å². The summed E-state index contributed by atoms with van der Waals surface area (Å²) in [5, 5.41) is 2.65. The quantitative estimate of drug-likeness (QED) is 0.581. The van der Waals surface area contributed by atoms with Crippen molar-refractivity contribution in [1.29, 1.82) is 0 Å². The number of benzene rings is 2. The first-order valence-electron chi connectivity index (χ1n) is 5.79. The first-order valence-corrected chi connectivity index (χ1v) is 5.79. The highest BCUT2D eigenvalue weighted by Gasteiger charge is 2.04. The van der Waals surface area contributed by atoms with E-state index in [4.69, 9.17) is 11.5 Å². The molecule has 4 nitrogen and oxygen atoms in total. The molecule has 0 atom stereocenters. The highest BCUT2D eigenvalue weighted by molar-refractivity contribution is 6.01. The highest BCUT2D eigenvalue weighted by atomic mass is 16.1. The second-order valence-electron chi connectivity index (χ2n) is 4.12. The zero-order valence-electron chi connectivity index (χ0n) is 10.4. The summed E-state index contributed by atoms with van der Waals surface area (Å²) in [6.07, 6.45) is 1.20. The maximum absolute atomic E-state index is 11.2. The lowest BCUT2D eigenvalue weighted by Crippen LogP contribution is -2.09. The number of anilines is 3. The molecule has 0 fully saturated rings. The van der Waals surface area contributed by atoms with Gasteiger partial charge in [-0.05, 0) is 41.5 Å². The maximum atomic E-state index is 11.2. The molecule has 4 heteroatoms. The lowest BCUT2D eigenvalue weighted by atomic mass is 10.0. The zero-order valence-corrected chi connectivity index (χ0v) is 10.4. The number of carbonyl (C=O) groups excluding carboxylic acids is 1. The summed E-state index contributed by atoms with van der Waals surface area (Å²) >= 11 is 0. The predicted molar refractivity (Wildman–Crippen MR) is 79.5 cm³/mol. The normalized spacial score (nSPS) is 9.89. The minimum Gasteiger partial charge on any atom is -0.399 e. The van der Waals surface area contributed by atoms with Crippen LogP contribution in [0.1, 0.15) is 0 Å². The van der Waals surface area contributed by atoms with Gasteiger partial charge in [-0.15, -0.1) is 0 Å². The lowest BCUT2D eigenvalue weighted by molar-refractivity contribution is -0.111. The van der Waals surface area contributed by atoms with E-state index >= 15 is 0 Å². The van der Waals surface area contributed by atoms with Crippen LogP contribution in [-0.4, -0.2) is 5.91 Å². The van der Waals surface area contributed by atoms with Crippen molar-refractivity contribution in [2.45, 2.75) is 0 Å². The van der Waals surface area contributed by atoms with Gasteiger partial charge in [-0.1, -0.05) is 24.8 Å². The summed E-state index contributed by atoms with van der Waals surface area (Å²) in [4.78, 5) is 11.2. The minimum atomic E-state index is -0.285. The van der Waals surface area contributed by atoms with Crippen LogP contribution in [0.25, 0.3) is 11.1 Å². The molecule has 19 heavy (non-hydrogen) atoms. The highest BCUT2D eigenvalue weighted by Crippen LogP contribution is 2.27. The van der Waals surface area contributed by atoms with Gasteiger partial charge in [0.1, 0.15) is 0 Å². The summed E-state index contributed by atoms with van der Waals surface area (Å²) in [6.45, 7) is 3.40. The van der Waals surface area contributed by atoms with Gasteiger partial charge < -0.3 is 16.8 Å². The third-order valence-corrected chi connectivity index (χ3v) is 2.74. The molecule has 0 radical (unpaired) electrons. The molecule has 0 unspecified atom stereocenters. The molecule has 0 aliphatic heterocycles. The fourth-order valence-electron chi connectivity index (χ4n) is 1.72. The molecule has 0 aromatic heterocycles. The topological polar surface area (TPSA) is 81.1 Å². The predicted octanol–water partition coefficient (Wildman–Crippen LogP) is 2.64. The van der Waals surface area contributed by atoms with Gasteiger partial charge in [0.05, 0.1) is 11.4 Å². The van der Waals surface area contributed by atoms with Crippen LogP contribution in [0, 0.1) is 0 Å².